The minimum absolute atomic E-state index is 0.0483. The Kier molecular flexibility index (Phi) is 4.15. The number of hydrogen-bond acceptors (Lipinski definition) is 4. The Morgan fingerprint density at radius 2 is 2.07 bits per heavy atom. The van der Waals surface area contributed by atoms with Gasteiger partial charge in [-0.05, 0) is 38.0 Å². The largest absolute Gasteiger partial charge is 0.493 e. The maximum absolute atomic E-state index is 12.5. The van der Waals surface area contributed by atoms with Gasteiger partial charge >= 0.3 is 6.03 Å². The molecule has 5 rings (SSSR count). The van der Waals surface area contributed by atoms with Gasteiger partial charge in [-0.1, -0.05) is 24.6 Å². The molecule has 1 fully saturated rings. The topological polar surface area (TPSA) is 80.5 Å². The molecule has 2 atom stereocenters. The number of para-hydroxylation sites is 1. The number of hydrogen-bond donors (Lipinski definition) is 2. The summed E-state index contributed by atoms with van der Waals surface area (Å²) in [4.78, 5) is 12.5. The molecule has 0 radical (unpaired) electrons. The molecule has 0 bridgehead atoms. The number of amides is 2. The van der Waals surface area contributed by atoms with Crippen molar-refractivity contribution in [1.82, 2.24) is 19.9 Å². The summed E-state index contributed by atoms with van der Waals surface area (Å²) < 4.78 is 7.72. The van der Waals surface area contributed by atoms with Crippen molar-refractivity contribution in [2.45, 2.75) is 44.1 Å². The molecular weight excluding hydrogens is 354 g/mol. The van der Waals surface area contributed by atoms with Crippen molar-refractivity contribution < 1.29 is 9.53 Å². The highest BCUT2D eigenvalue weighted by Crippen LogP contribution is 2.36. The number of nitrogens with one attached hydrogen (secondary N) is 2. The second-order valence-corrected chi connectivity index (χ2v) is 7.67. The van der Waals surface area contributed by atoms with Gasteiger partial charge in [0.25, 0.3) is 0 Å². The van der Waals surface area contributed by atoms with Crippen molar-refractivity contribution in [1.29, 1.82) is 0 Å². The van der Waals surface area contributed by atoms with Crippen LogP contribution in [0.5, 0.6) is 5.75 Å². The monoisotopic (exact) mass is 377 g/mol. The second kappa shape index (κ2) is 6.82. The first kappa shape index (κ1) is 17.0. The molecule has 0 saturated heterocycles. The lowest BCUT2D eigenvalue weighted by Gasteiger charge is -2.23. The highest BCUT2D eigenvalue weighted by molar-refractivity contribution is 5.89. The Morgan fingerprint density at radius 3 is 2.89 bits per heavy atom. The fourth-order valence-electron chi connectivity index (χ4n) is 4.00. The fourth-order valence-corrected chi connectivity index (χ4v) is 4.00. The third-order valence-electron chi connectivity index (χ3n) is 5.86. The summed E-state index contributed by atoms with van der Waals surface area (Å²) in [5.74, 6) is 2.51. The van der Waals surface area contributed by atoms with Crippen LogP contribution in [0, 0.1) is 0 Å². The number of ether oxygens (including phenoxy) is 1. The smallest absolute Gasteiger partial charge is 0.319 e. The van der Waals surface area contributed by atoms with E-state index in [9.17, 15) is 4.79 Å². The van der Waals surface area contributed by atoms with Crippen LogP contribution in [0.25, 0.3) is 5.65 Å². The first-order chi connectivity index (χ1) is 13.7. The summed E-state index contributed by atoms with van der Waals surface area (Å²) >= 11 is 0. The molecule has 1 aliphatic heterocycles. The van der Waals surface area contributed by atoms with Gasteiger partial charge in [-0.15, -0.1) is 10.2 Å². The molecule has 2 amide bonds. The average molecular weight is 377 g/mol. The molecule has 7 heteroatoms. The molecule has 1 aliphatic carbocycles. The van der Waals surface area contributed by atoms with Crippen LogP contribution in [0.2, 0.25) is 0 Å². The van der Waals surface area contributed by atoms with E-state index in [1.807, 2.05) is 47.9 Å². The van der Waals surface area contributed by atoms with E-state index in [0.717, 1.165) is 41.3 Å². The van der Waals surface area contributed by atoms with Crippen LogP contribution in [-0.2, 0) is 0 Å². The van der Waals surface area contributed by atoms with Crippen molar-refractivity contribution in [3.05, 3.63) is 54.0 Å². The molecule has 1 saturated carbocycles. The summed E-state index contributed by atoms with van der Waals surface area (Å²) in [6.45, 7) is 2.59. The van der Waals surface area contributed by atoms with E-state index in [4.69, 9.17) is 4.74 Å². The van der Waals surface area contributed by atoms with Crippen molar-refractivity contribution in [3.8, 4) is 5.75 Å². The maximum atomic E-state index is 12.5. The number of benzene rings is 1. The lowest BCUT2D eigenvalue weighted by molar-refractivity contribution is 0.244. The summed E-state index contributed by atoms with van der Waals surface area (Å²) in [6, 6.07) is 11.5. The highest BCUT2D eigenvalue weighted by atomic mass is 16.5. The van der Waals surface area contributed by atoms with Crippen LogP contribution in [0.1, 0.15) is 49.4 Å². The summed E-state index contributed by atoms with van der Waals surface area (Å²) in [7, 11) is 0. The third kappa shape index (κ3) is 2.96. The van der Waals surface area contributed by atoms with Gasteiger partial charge in [0, 0.05) is 29.6 Å². The number of anilines is 1. The van der Waals surface area contributed by atoms with E-state index >= 15 is 0 Å². The fraction of sp³-hybridized carbons (Fsp3) is 0.381. The van der Waals surface area contributed by atoms with Gasteiger partial charge in [0.1, 0.15) is 11.6 Å². The summed E-state index contributed by atoms with van der Waals surface area (Å²) in [5.41, 5.74) is 2.67. The standard InChI is InChI=1S/C21H23N5O2/c1-13(17-12-28-18-8-3-2-7-16(17)18)22-21(27)23-15-9-10-19-24-25-20(26(19)11-15)14-5-4-6-14/h2-3,7-11,13-14,17H,4-6,12H2,1H3,(H2,22,23,27)/t13-,17+/m0/s1. The van der Waals surface area contributed by atoms with Gasteiger partial charge in [-0.3, -0.25) is 4.40 Å². The van der Waals surface area contributed by atoms with E-state index < -0.39 is 0 Å². The zero-order valence-corrected chi connectivity index (χ0v) is 15.8. The number of fused-ring (bicyclic) bond motifs is 2. The van der Waals surface area contributed by atoms with E-state index in [1.165, 1.54) is 6.42 Å². The molecule has 2 aliphatic rings. The Morgan fingerprint density at radius 1 is 1.21 bits per heavy atom. The van der Waals surface area contributed by atoms with Gasteiger partial charge in [0.05, 0.1) is 12.3 Å². The van der Waals surface area contributed by atoms with E-state index in [-0.39, 0.29) is 18.0 Å². The van der Waals surface area contributed by atoms with E-state index in [1.54, 1.807) is 0 Å². The predicted molar refractivity (Wildman–Crippen MR) is 106 cm³/mol. The predicted octanol–water partition coefficient (Wildman–Crippen LogP) is 3.68. The van der Waals surface area contributed by atoms with Crippen LogP contribution in [-0.4, -0.2) is 33.3 Å². The number of urea groups is 1. The first-order valence-electron chi connectivity index (χ1n) is 9.83. The molecule has 2 aromatic heterocycles. The van der Waals surface area contributed by atoms with Crippen LogP contribution in [0.3, 0.4) is 0 Å². The second-order valence-electron chi connectivity index (χ2n) is 7.67. The quantitative estimate of drug-likeness (QED) is 0.727. The SMILES string of the molecule is C[C@H](NC(=O)Nc1ccc2nnc(C3CCC3)n2c1)[C@H]1COc2ccccc21. The Labute approximate surface area is 163 Å². The Bertz CT molecular complexity index is 1030. The van der Waals surface area contributed by atoms with Crippen molar-refractivity contribution in [2.75, 3.05) is 11.9 Å². The third-order valence-corrected chi connectivity index (χ3v) is 5.86. The Balaban J connectivity index is 1.28. The van der Waals surface area contributed by atoms with Crippen molar-refractivity contribution >= 4 is 17.4 Å². The molecule has 0 unspecified atom stereocenters. The number of carbonyl (C=O) groups is 1. The zero-order chi connectivity index (χ0) is 19.1. The minimum Gasteiger partial charge on any atom is -0.493 e. The molecule has 144 valence electrons. The van der Waals surface area contributed by atoms with E-state index in [0.29, 0.717) is 12.5 Å². The molecule has 3 heterocycles. The summed E-state index contributed by atoms with van der Waals surface area (Å²) in [5, 5.41) is 14.5. The average Bonchev–Trinajstić information content (AvgIpc) is 3.25. The van der Waals surface area contributed by atoms with Crippen molar-refractivity contribution in [2.24, 2.45) is 0 Å². The highest BCUT2D eigenvalue weighted by Gasteiger charge is 2.29. The maximum Gasteiger partial charge on any atom is 0.319 e. The minimum atomic E-state index is -0.227. The van der Waals surface area contributed by atoms with Crippen LogP contribution >= 0.6 is 0 Å². The van der Waals surface area contributed by atoms with Gasteiger partial charge in [0.2, 0.25) is 0 Å². The van der Waals surface area contributed by atoms with Crippen LogP contribution in [0.15, 0.2) is 42.6 Å². The molecule has 0 spiro atoms. The number of rotatable bonds is 4. The molecule has 2 N–H and O–H groups in total. The molecule has 3 aromatic rings. The lowest BCUT2D eigenvalue weighted by Crippen LogP contribution is -2.40. The normalized spacial score (nSPS) is 19.5. The number of carbonyl (C=O) groups excluding carboxylic acids is 1. The number of nitrogens with zero attached hydrogens (tertiary/aromatic N) is 3. The van der Waals surface area contributed by atoms with Gasteiger partial charge < -0.3 is 15.4 Å². The van der Waals surface area contributed by atoms with Gasteiger partial charge in [0.15, 0.2) is 5.65 Å². The summed E-state index contributed by atoms with van der Waals surface area (Å²) in [6.07, 6.45) is 5.45. The van der Waals surface area contributed by atoms with Crippen LogP contribution in [0.4, 0.5) is 10.5 Å². The van der Waals surface area contributed by atoms with Gasteiger partial charge in [-0.25, -0.2) is 4.79 Å². The lowest BCUT2D eigenvalue weighted by atomic mass is 9.85. The van der Waals surface area contributed by atoms with Gasteiger partial charge in [-0.2, -0.15) is 0 Å². The van der Waals surface area contributed by atoms with E-state index in [2.05, 4.69) is 26.9 Å². The van der Waals surface area contributed by atoms with Crippen molar-refractivity contribution in [3.63, 3.8) is 0 Å². The zero-order valence-electron chi connectivity index (χ0n) is 15.8. The number of pyridine rings is 1. The molecule has 1 aromatic carbocycles. The first-order valence-corrected chi connectivity index (χ1v) is 9.83. The Hall–Kier alpha value is -3.09. The van der Waals surface area contributed by atoms with Crippen LogP contribution < -0.4 is 15.4 Å². The molecular formula is C21H23N5O2. The molecule has 7 nitrogen and oxygen atoms in total. The number of aromatic nitrogens is 3. The molecule has 28 heavy (non-hydrogen) atoms.